The number of fused-ring (bicyclic) bond motifs is 1. The number of carbonyl (C=O) groups is 1. The van der Waals surface area contributed by atoms with Gasteiger partial charge < -0.3 is 9.47 Å². The Balaban J connectivity index is 1.89. The SMILES string of the molecule is O=C(c1nc2ccccc2n(C2CCCC2)c1=O)N1CCCC1. The summed E-state index contributed by atoms with van der Waals surface area (Å²) >= 11 is 0. The van der Waals surface area contributed by atoms with Crippen molar-refractivity contribution in [2.24, 2.45) is 0 Å². The smallest absolute Gasteiger partial charge is 0.282 e. The fourth-order valence-electron chi connectivity index (χ4n) is 3.89. The lowest BCUT2D eigenvalue weighted by molar-refractivity contribution is 0.0784. The maximum absolute atomic E-state index is 13.0. The zero-order valence-electron chi connectivity index (χ0n) is 13.2. The highest BCUT2D eigenvalue weighted by Crippen LogP contribution is 2.30. The van der Waals surface area contributed by atoms with Crippen molar-refractivity contribution in [1.29, 1.82) is 0 Å². The van der Waals surface area contributed by atoms with Gasteiger partial charge in [0.2, 0.25) is 0 Å². The lowest BCUT2D eigenvalue weighted by Crippen LogP contribution is -2.37. The van der Waals surface area contributed by atoms with Crippen LogP contribution in [-0.4, -0.2) is 33.4 Å². The quantitative estimate of drug-likeness (QED) is 0.857. The minimum absolute atomic E-state index is 0.0949. The second-order valence-corrected chi connectivity index (χ2v) is 6.56. The lowest BCUT2D eigenvalue weighted by Gasteiger charge is -2.19. The monoisotopic (exact) mass is 311 g/mol. The summed E-state index contributed by atoms with van der Waals surface area (Å²) in [6, 6.07) is 7.85. The van der Waals surface area contributed by atoms with Gasteiger partial charge >= 0.3 is 0 Å². The van der Waals surface area contributed by atoms with Crippen LogP contribution in [0.15, 0.2) is 29.1 Å². The Morgan fingerprint density at radius 1 is 1.04 bits per heavy atom. The fourth-order valence-corrected chi connectivity index (χ4v) is 3.89. The van der Waals surface area contributed by atoms with Gasteiger partial charge in [-0.15, -0.1) is 0 Å². The number of nitrogens with zero attached hydrogens (tertiary/aromatic N) is 3. The molecule has 0 bridgehead atoms. The zero-order valence-corrected chi connectivity index (χ0v) is 13.2. The number of rotatable bonds is 2. The van der Waals surface area contributed by atoms with Gasteiger partial charge in [0.15, 0.2) is 5.69 Å². The van der Waals surface area contributed by atoms with Gasteiger partial charge in [-0.3, -0.25) is 9.59 Å². The number of aromatic nitrogens is 2. The highest BCUT2D eigenvalue weighted by Gasteiger charge is 2.28. The first-order valence-electron chi connectivity index (χ1n) is 8.56. The number of benzene rings is 1. The van der Waals surface area contributed by atoms with E-state index in [0.29, 0.717) is 0 Å². The molecule has 1 aliphatic heterocycles. The third-order valence-electron chi connectivity index (χ3n) is 5.08. The third-order valence-corrected chi connectivity index (χ3v) is 5.08. The molecule has 0 radical (unpaired) electrons. The second-order valence-electron chi connectivity index (χ2n) is 6.56. The van der Waals surface area contributed by atoms with Gasteiger partial charge in [0, 0.05) is 19.1 Å². The summed E-state index contributed by atoms with van der Waals surface area (Å²) in [4.78, 5) is 31.9. The molecule has 1 aliphatic carbocycles. The van der Waals surface area contributed by atoms with Crippen molar-refractivity contribution < 1.29 is 4.79 Å². The van der Waals surface area contributed by atoms with Gasteiger partial charge in [-0.05, 0) is 37.8 Å². The van der Waals surface area contributed by atoms with Gasteiger partial charge in [0.25, 0.3) is 11.5 Å². The first kappa shape index (κ1) is 14.4. The molecule has 1 aromatic carbocycles. The Hall–Kier alpha value is -2.17. The Bertz CT molecular complexity index is 800. The van der Waals surface area contributed by atoms with Crippen LogP contribution in [0.5, 0.6) is 0 Å². The van der Waals surface area contributed by atoms with Crippen molar-refractivity contribution >= 4 is 16.9 Å². The zero-order chi connectivity index (χ0) is 15.8. The van der Waals surface area contributed by atoms with Crippen molar-refractivity contribution in [2.45, 2.75) is 44.6 Å². The van der Waals surface area contributed by atoms with Crippen molar-refractivity contribution in [1.82, 2.24) is 14.5 Å². The van der Waals surface area contributed by atoms with Crippen molar-refractivity contribution in [3.8, 4) is 0 Å². The molecule has 4 rings (SSSR count). The molecule has 0 unspecified atom stereocenters. The Morgan fingerprint density at radius 2 is 1.74 bits per heavy atom. The molecule has 2 aromatic rings. The summed E-state index contributed by atoms with van der Waals surface area (Å²) in [5.41, 5.74) is 1.47. The van der Waals surface area contributed by atoms with E-state index < -0.39 is 0 Å². The van der Waals surface area contributed by atoms with E-state index in [0.717, 1.165) is 62.6 Å². The lowest BCUT2D eigenvalue weighted by atomic mass is 10.2. The van der Waals surface area contributed by atoms with E-state index in [2.05, 4.69) is 4.98 Å². The van der Waals surface area contributed by atoms with Gasteiger partial charge in [-0.1, -0.05) is 25.0 Å². The minimum atomic E-state index is -0.215. The van der Waals surface area contributed by atoms with E-state index in [1.807, 2.05) is 28.8 Å². The number of likely N-dealkylation sites (tertiary alicyclic amines) is 1. The van der Waals surface area contributed by atoms with Crippen LogP contribution < -0.4 is 5.56 Å². The van der Waals surface area contributed by atoms with Crippen molar-refractivity contribution in [3.63, 3.8) is 0 Å². The van der Waals surface area contributed by atoms with E-state index in [-0.39, 0.29) is 23.2 Å². The van der Waals surface area contributed by atoms with Crippen molar-refractivity contribution in [2.75, 3.05) is 13.1 Å². The predicted molar refractivity (Wildman–Crippen MR) is 88.6 cm³/mol. The standard InChI is InChI=1S/C18H21N3O2/c22-17(20-11-5-6-12-20)16-18(23)21(13-7-1-2-8-13)15-10-4-3-9-14(15)19-16/h3-4,9-10,13H,1-2,5-8,11-12H2. The number of para-hydroxylation sites is 2. The number of hydrogen-bond acceptors (Lipinski definition) is 3. The van der Waals surface area contributed by atoms with E-state index in [4.69, 9.17) is 0 Å². The topological polar surface area (TPSA) is 55.2 Å². The molecule has 120 valence electrons. The number of amides is 1. The van der Waals surface area contributed by atoms with E-state index in [9.17, 15) is 9.59 Å². The van der Waals surface area contributed by atoms with Gasteiger partial charge in [0.1, 0.15) is 0 Å². The molecule has 2 heterocycles. The molecule has 1 saturated heterocycles. The number of carbonyl (C=O) groups excluding carboxylic acids is 1. The molecular formula is C18H21N3O2. The molecule has 0 atom stereocenters. The van der Waals surface area contributed by atoms with Crippen LogP contribution in [0.1, 0.15) is 55.1 Å². The average molecular weight is 311 g/mol. The molecule has 1 saturated carbocycles. The van der Waals surface area contributed by atoms with Crippen LogP contribution in [0.25, 0.3) is 11.0 Å². The Labute approximate surface area is 134 Å². The van der Waals surface area contributed by atoms with Gasteiger partial charge in [-0.2, -0.15) is 0 Å². The molecule has 2 fully saturated rings. The van der Waals surface area contributed by atoms with Gasteiger partial charge in [0.05, 0.1) is 11.0 Å². The first-order valence-corrected chi connectivity index (χ1v) is 8.56. The molecular weight excluding hydrogens is 290 g/mol. The van der Waals surface area contributed by atoms with Crippen LogP contribution in [-0.2, 0) is 0 Å². The summed E-state index contributed by atoms with van der Waals surface area (Å²) in [6.07, 6.45) is 6.31. The predicted octanol–water partition coefficient (Wildman–Crippen LogP) is 2.75. The van der Waals surface area contributed by atoms with Crippen LogP contribution in [0.4, 0.5) is 0 Å². The second kappa shape index (κ2) is 5.80. The maximum Gasteiger partial charge on any atom is 0.282 e. The molecule has 0 N–H and O–H groups in total. The molecule has 5 nitrogen and oxygen atoms in total. The van der Waals surface area contributed by atoms with E-state index in [1.165, 1.54) is 0 Å². The fraction of sp³-hybridized carbons (Fsp3) is 0.500. The average Bonchev–Trinajstić information content (AvgIpc) is 3.27. The van der Waals surface area contributed by atoms with Crippen molar-refractivity contribution in [3.05, 3.63) is 40.3 Å². The summed E-state index contributed by atoms with van der Waals surface area (Å²) < 4.78 is 1.83. The van der Waals surface area contributed by atoms with Crippen LogP contribution >= 0.6 is 0 Å². The van der Waals surface area contributed by atoms with E-state index >= 15 is 0 Å². The van der Waals surface area contributed by atoms with E-state index in [1.54, 1.807) is 4.90 Å². The van der Waals surface area contributed by atoms with Crippen LogP contribution in [0.3, 0.4) is 0 Å². The molecule has 0 spiro atoms. The van der Waals surface area contributed by atoms with Gasteiger partial charge in [-0.25, -0.2) is 4.98 Å². The maximum atomic E-state index is 13.0. The summed E-state index contributed by atoms with van der Waals surface area (Å²) in [5, 5.41) is 0. The number of hydrogen-bond donors (Lipinski definition) is 0. The summed E-state index contributed by atoms with van der Waals surface area (Å²) in [7, 11) is 0. The summed E-state index contributed by atoms with van der Waals surface area (Å²) in [6.45, 7) is 1.46. The first-order chi connectivity index (χ1) is 11.3. The third kappa shape index (κ3) is 2.44. The largest absolute Gasteiger partial charge is 0.337 e. The summed E-state index contributed by atoms with van der Waals surface area (Å²) in [5.74, 6) is -0.204. The highest BCUT2D eigenvalue weighted by molar-refractivity contribution is 5.94. The molecule has 1 amide bonds. The Morgan fingerprint density at radius 3 is 2.48 bits per heavy atom. The normalized spacial score (nSPS) is 18.9. The van der Waals surface area contributed by atoms with Crippen LogP contribution in [0.2, 0.25) is 0 Å². The molecule has 5 heteroatoms. The highest BCUT2D eigenvalue weighted by atomic mass is 16.2. The minimum Gasteiger partial charge on any atom is -0.337 e. The Kier molecular flexibility index (Phi) is 3.63. The molecule has 1 aromatic heterocycles. The molecule has 2 aliphatic rings. The van der Waals surface area contributed by atoms with Crippen LogP contribution in [0, 0.1) is 0 Å². The molecule has 23 heavy (non-hydrogen) atoms.